The lowest BCUT2D eigenvalue weighted by molar-refractivity contribution is 0.0932. The zero-order valence-electron chi connectivity index (χ0n) is 11.7. The van der Waals surface area contributed by atoms with Crippen molar-refractivity contribution in [2.75, 3.05) is 6.61 Å². The number of nitrogens with one attached hydrogen (secondary N) is 1. The predicted octanol–water partition coefficient (Wildman–Crippen LogP) is 2.66. The van der Waals surface area contributed by atoms with Crippen LogP contribution in [0.25, 0.3) is 11.3 Å². The monoisotopic (exact) mass is 318 g/mol. The van der Waals surface area contributed by atoms with Gasteiger partial charge in [0.05, 0.1) is 0 Å². The molecule has 1 aliphatic rings. The Bertz CT molecular complexity index is 711. The highest BCUT2D eigenvalue weighted by molar-refractivity contribution is 6.30. The molecule has 6 heteroatoms. The topological polar surface area (TPSA) is 75.4 Å². The van der Waals surface area contributed by atoms with Crippen molar-refractivity contribution in [1.82, 2.24) is 10.5 Å². The number of hydrogen-bond acceptors (Lipinski definition) is 4. The SMILES string of the molecule is O=C(N[C@@H]1C=C[C@H](CO)C1)c1cc(-c2cccc(Cl)c2)on1. The van der Waals surface area contributed by atoms with Crippen LogP contribution in [0.5, 0.6) is 0 Å². The van der Waals surface area contributed by atoms with Crippen LogP contribution in [0.2, 0.25) is 5.02 Å². The van der Waals surface area contributed by atoms with E-state index in [1.54, 1.807) is 24.3 Å². The second-order valence-electron chi connectivity index (χ2n) is 5.23. The van der Waals surface area contributed by atoms with Gasteiger partial charge in [0, 0.05) is 35.2 Å². The van der Waals surface area contributed by atoms with Crippen LogP contribution in [0.1, 0.15) is 16.9 Å². The van der Waals surface area contributed by atoms with Gasteiger partial charge in [-0.15, -0.1) is 0 Å². The molecular weight excluding hydrogens is 304 g/mol. The van der Waals surface area contributed by atoms with E-state index in [4.69, 9.17) is 21.2 Å². The zero-order chi connectivity index (χ0) is 15.5. The fourth-order valence-electron chi connectivity index (χ4n) is 2.42. The molecule has 0 saturated heterocycles. The van der Waals surface area contributed by atoms with E-state index < -0.39 is 0 Å². The predicted molar refractivity (Wildman–Crippen MR) is 82.5 cm³/mol. The summed E-state index contributed by atoms with van der Waals surface area (Å²) >= 11 is 5.94. The molecule has 0 saturated carbocycles. The maximum atomic E-state index is 12.2. The Kier molecular flexibility index (Phi) is 4.27. The Morgan fingerprint density at radius 1 is 1.41 bits per heavy atom. The fourth-order valence-corrected chi connectivity index (χ4v) is 2.61. The van der Waals surface area contributed by atoms with Gasteiger partial charge < -0.3 is 14.9 Å². The minimum absolute atomic E-state index is 0.0871. The molecule has 1 amide bonds. The smallest absolute Gasteiger partial charge is 0.273 e. The maximum absolute atomic E-state index is 12.2. The highest BCUT2D eigenvalue weighted by Crippen LogP contribution is 2.23. The van der Waals surface area contributed by atoms with Crippen molar-refractivity contribution in [1.29, 1.82) is 0 Å². The number of hydrogen-bond donors (Lipinski definition) is 2. The number of halogens is 1. The van der Waals surface area contributed by atoms with Gasteiger partial charge in [0.2, 0.25) is 0 Å². The van der Waals surface area contributed by atoms with E-state index in [2.05, 4.69) is 10.5 Å². The van der Waals surface area contributed by atoms with Gasteiger partial charge in [-0.3, -0.25) is 4.79 Å². The first kappa shape index (κ1) is 14.8. The summed E-state index contributed by atoms with van der Waals surface area (Å²) < 4.78 is 5.21. The minimum Gasteiger partial charge on any atom is -0.396 e. The van der Waals surface area contributed by atoms with Crippen LogP contribution in [0, 0.1) is 5.92 Å². The number of nitrogens with zero attached hydrogens (tertiary/aromatic N) is 1. The van der Waals surface area contributed by atoms with Crippen molar-refractivity contribution in [3.63, 3.8) is 0 Å². The highest BCUT2D eigenvalue weighted by atomic mass is 35.5. The second kappa shape index (κ2) is 6.34. The number of amides is 1. The van der Waals surface area contributed by atoms with Crippen LogP contribution >= 0.6 is 11.6 Å². The number of aliphatic hydroxyl groups is 1. The fraction of sp³-hybridized carbons (Fsp3) is 0.250. The first-order valence-corrected chi connectivity index (χ1v) is 7.36. The summed E-state index contributed by atoms with van der Waals surface area (Å²) in [6.45, 7) is 0.0890. The first-order chi connectivity index (χ1) is 10.7. The van der Waals surface area contributed by atoms with Gasteiger partial charge in [0.15, 0.2) is 11.5 Å². The molecule has 1 aromatic carbocycles. The Morgan fingerprint density at radius 3 is 3.00 bits per heavy atom. The molecule has 1 aromatic heterocycles. The average molecular weight is 319 g/mol. The summed E-state index contributed by atoms with van der Waals surface area (Å²) in [5.41, 5.74) is 0.982. The molecule has 2 N–H and O–H groups in total. The molecule has 0 radical (unpaired) electrons. The van der Waals surface area contributed by atoms with E-state index in [0.717, 1.165) is 5.56 Å². The summed E-state index contributed by atoms with van der Waals surface area (Å²) in [5.74, 6) is 0.290. The van der Waals surface area contributed by atoms with Crippen LogP contribution in [0.3, 0.4) is 0 Å². The third-order valence-corrected chi connectivity index (χ3v) is 3.81. The quantitative estimate of drug-likeness (QED) is 0.850. The molecule has 0 fully saturated rings. The second-order valence-corrected chi connectivity index (χ2v) is 5.67. The third kappa shape index (κ3) is 3.21. The number of aliphatic hydroxyl groups excluding tert-OH is 1. The van der Waals surface area contributed by atoms with Crippen LogP contribution in [-0.4, -0.2) is 28.8 Å². The van der Waals surface area contributed by atoms with E-state index in [0.29, 0.717) is 17.2 Å². The normalized spacial score (nSPS) is 20.3. The summed E-state index contributed by atoms with van der Waals surface area (Å²) in [6.07, 6.45) is 4.49. The van der Waals surface area contributed by atoms with Crippen molar-refractivity contribution in [3.05, 3.63) is 53.2 Å². The van der Waals surface area contributed by atoms with Crippen molar-refractivity contribution in [2.24, 2.45) is 5.92 Å². The molecule has 3 rings (SSSR count). The molecular formula is C16H15ClN2O3. The van der Waals surface area contributed by atoms with Gasteiger partial charge in [0.25, 0.3) is 5.91 Å². The van der Waals surface area contributed by atoms with Crippen molar-refractivity contribution >= 4 is 17.5 Å². The van der Waals surface area contributed by atoms with Gasteiger partial charge in [-0.05, 0) is 18.6 Å². The lowest BCUT2D eigenvalue weighted by Crippen LogP contribution is -2.33. The molecule has 114 valence electrons. The summed E-state index contributed by atoms with van der Waals surface area (Å²) in [4.78, 5) is 12.2. The van der Waals surface area contributed by atoms with E-state index in [1.807, 2.05) is 18.2 Å². The Labute approximate surface area is 132 Å². The van der Waals surface area contributed by atoms with Gasteiger partial charge >= 0.3 is 0 Å². The first-order valence-electron chi connectivity index (χ1n) is 6.98. The molecule has 0 unspecified atom stereocenters. The van der Waals surface area contributed by atoms with Crippen LogP contribution in [0.15, 0.2) is 47.0 Å². The summed E-state index contributed by atoms with van der Waals surface area (Å²) in [6, 6.07) is 8.64. The highest BCUT2D eigenvalue weighted by Gasteiger charge is 2.22. The lowest BCUT2D eigenvalue weighted by Gasteiger charge is -2.11. The number of carbonyl (C=O) groups excluding carboxylic acids is 1. The van der Waals surface area contributed by atoms with Gasteiger partial charge in [-0.2, -0.15) is 0 Å². The van der Waals surface area contributed by atoms with E-state index in [1.165, 1.54) is 0 Å². The van der Waals surface area contributed by atoms with E-state index >= 15 is 0 Å². The Balaban J connectivity index is 1.69. The molecule has 0 aliphatic heterocycles. The minimum atomic E-state index is -0.301. The van der Waals surface area contributed by atoms with E-state index in [9.17, 15) is 4.79 Å². The third-order valence-electron chi connectivity index (χ3n) is 3.58. The van der Waals surface area contributed by atoms with Gasteiger partial charge in [0.1, 0.15) is 0 Å². The molecule has 5 nitrogen and oxygen atoms in total. The number of aromatic nitrogens is 1. The number of benzene rings is 1. The average Bonchev–Trinajstić information content (AvgIpc) is 3.16. The van der Waals surface area contributed by atoms with Crippen molar-refractivity contribution < 1.29 is 14.4 Å². The number of rotatable bonds is 4. The van der Waals surface area contributed by atoms with E-state index in [-0.39, 0.29) is 30.2 Å². The zero-order valence-corrected chi connectivity index (χ0v) is 12.5. The van der Waals surface area contributed by atoms with Crippen molar-refractivity contribution in [3.8, 4) is 11.3 Å². The molecule has 1 heterocycles. The van der Waals surface area contributed by atoms with Crippen LogP contribution < -0.4 is 5.32 Å². The largest absolute Gasteiger partial charge is 0.396 e. The summed E-state index contributed by atoms with van der Waals surface area (Å²) in [5, 5.41) is 16.3. The van der Waals surface area contributed by atoms with Gasteiger partial charge in [-0.25, -0.2) is 0 Å². The Hall–Kier alpha value is -2.11. The molecule has 2 aromatic rings. The van der Waals surface area contributed by atoms with Crippen molar-refractivity contribution in [2.45, 2.75) is 12.5 Å². The maximum Gasteiger partial charge on any atom is 0.273 e. The molecule has 0 bridgehead atoms. The molecule has 22 heavy (non-hydrogen) atoms. The van der Waals surface area contributed by atoms with Crippen LogP contribution in [-0.2, 0) is 0 Å². The molecule has 0 spiro atoms. The Morgan fingerprint density at radius 2 is 2.27 bits per heavy atom. The molecule has 2 atom stereocenters. The lowest BCUT2D eigenvalue weighted by atomic mass is 10.1. The summed E-state index contributed by atoms with van der Waals surface area (Å²) in [7, 11) is 0. The molecule has 1 aliphatic carbocycles. The van der Waals surface area contributed by atoms with Crippen LogP contribution in [0.4, 0.5) is 0 Å². The standard InChI is InChI=1S/C16H15ClN2O3/c17-12-3-1-2-11(7-12)15-8-14(19-22-15)16(21)18-13-5-4-10(6-13)9-20/h1-5,7-8,10,13,20H,6,9H2,(H,18,21)/t10-,13+/m0/s1. The number of carbonyl (C=O) groups is 1. The van der Waals surface area contributed by atoms with Gasteiger partial charge in [-0.1, -0.05) is 41.0 Å².